The molecular formula is C26H27ClN4O4. The molecule has 182 valence electrons. The van der Waals surface area contributed by atoms with Crippen molar-refractivity contribution in [1.29, 1.82) is 5.26 Å². The Balaban J connectivity index is 1.49. The first kappa shape index (κ1) is 24.7. The molecule has 1 fully saturated rings. The lowest BCUT2D eigenvalue weighted by atomic mass is 9.97. The van der Waals surface area contributed by atoms with Crippen LogP contribution in [0.25, 0.3) is 22.8 Å². The summed E-state index contributed by atoms with van der Waals surface area (Å²) in [6, 6.07) is 13.1. The van der Waals surface area contributed by atoms with E-state index in [0.29, 0.717) is 46.4 Å². The van der Waals surface area contributed by atoms with Gasteiger partial charge in [0.05, 0.1) is 29.7 Å². The lowest BCUT2D eigenvalue weighted by Gasteiger charge is -2.31. The maximum atomic E-state index is 11.9. The van der Waals surface area contributed by atoms with Crippen LogP contribution >= 0.6 is 11.6 Å². The molecule has 9 heteroatoms. The van der Waals surface area contributed by atoms with Gasteiger partial charge in [-0.05, 0) is 69.1 Å². The number of carbonyl (C=O) groups is 1. The summed E-state index contributed by atoms with van der Waals surface area (Å²) in [6.45, 7) is 6.09. The SMILES string of the molecule is COC(=O)C1CCCN(Cc2ccc(-c3noc(-c4ccc(OC(C)C)c(C#N)c4)n3)c(Cl)c2)C1. The van der Waals surface area contributed by atoms with Crippen LogP contribution in [0.4, 0.5) is 0 Å². The summed E-state index contributed by atoms with van der Waals surface area (Å²) in [5.74, 6) is 0.918. The average molecular weight is 495 g/mol. The second kappa shape index (κ2) is 10.9. The van der Waals surface area contributed by atoms with Crippen molar-refractivity contribution < 1.29 is 18.8 Å². The molecule has 0 aliphatic carbocycles. The number of benzene rings is 2. The van der Waals surface area contributed by atoms with Gasteiger partial charge in [-0.15, -0.1) is 0 Å². The lowest BCUT2D eigenvalue weighted by Crippen LogP contribution is -2.38. The van der Waals surface area contributed by atoms with E-state index in [4.69, 9.17) is 25.6 Å². The molecular weight excluding hydrogens is 468 g/mol. The van der Waals surface area contributed by atoms with Crippen LogP contribution < -0.4 is 4.74 Å². The Kier molecular flexibility index (Phi) is 7.69. The van der Waals surface area contributed by atoms with Crippen LogP contribution in [0.2, 0.25) is 5.02 Å². The molecule has 1 aromatic heterocycles. The predicted octanol–water partition coefficient (Wildman–Crippen LogP) is 5.10. The number of rotatable bonds is 7. The van der Waals surface area contributed by atoms with Gasteiger partial charge in [-0.2, -0.15) is 10.2 Å². The summed E-state index contributed by atoms with van der Waals surface area (Å²) in [5.41, 5.74) is 2.70. The van der Waals surface area contributed by atoms with Gasteiger partial charge < -0.3 is 14.0 Å². The molecule has 1 aliphatic rings. The highest BCUT2D eigenvalue weighted by Crippen LogP contribution is 2.31. The Morgan fingerprint density at radius 3 is 2.86 bits per heavy atom. The van der Waals surface area contributed by atoms with Crippen LogP contribution in [-0.4, -0.2) is 47.3 Å². The number of methoxy groups -OCH3 is 1. The molecule has 1 unspecified atom stereocenters. The highest BCUT2D eigenvalue weighted by Gasteiger charge is 2.26. The molecule has 0 N–H and O–H groups in total. The molecule has 0 bridgehead atoms. The molecule has 1 saturated heterocycles. The van der Waals surface area contributed by atoms with Gasteiger partial charge in [-0.25, -0.2) is 0 Å². The van der Waals surface area contributed by atoms with Gasteiger partial charge >= 0.3 is 5.97 Å². The zero-order chi connectivity index (χ0) is 24.9. The third-order valence-electron chi connectivity index (χ3n) is 5.86. The molecule has 2 aromatic carbocycles. The van der Waals surface area contributed by atoms with Crippen molar-refractivity contribution in [3.8, 4) is 34.7 Å². The molecule has 1 atom stereocenters. The van der Waals surface area contributed by atoms with E-state index in [-0.39, 0.29) is 23.9 Å². The summed E-state index contributed by atoms with van der Waals surface area (Å²) in [4.78, 5) is 18.6. The number of halogens is 1. The molecule has 0 saturated carbocycles. The fourth-order valence-electron chi connectivity index (χ4n) is 4.21. The van der Waals surface area contributed by atoms with Crippen molar-refractivity contribution in [2.45, 2.75) is 39.3 Å². The molecule has 0 radical (unpaired) electrons. The fraction of sp³-hybridized carbons (Fsp3) is 0.385. The van der Waals surface area contributed by atoms with Gasteiger partial charge in [0.2, 0.25) is 5.82 Å². The van der Waals surface area contributed by atoms with Crippen LogP contribution in [0, 0.1) is 17.2 Å². The maximum absolute atomic E-state index is 11.9. The predicted molar refractivity (Wildman–Crippen MR) is 131 cm³/mol. The minimum atomic E-state index is -0.153. The van der Waals surface area contributed by atoms with E-state index in [9.17, 15) is 10.1 Å². The highest BCUT2D eigenvalue weighted by molar-refractivity contribution is 6.33. The van der Waals surface area contributed by atoms with E-state index in [1.165, 1.54) is 7.11 Å². The number of nitrogens with zero attached hydrogens (tertiary/aromatic N) is 4. The summed E-state index contributed by atoms with van der Waals surface area (Å²) in [7, 11) is 1.43. The molecule has 0 amide bonds. The van der Waals surface area contributed by atoms with Crippen molar-refractivity contribution >= 4 is 17.6 Å². The van der Waals surface area contributed by atoms with E-state index in [2.05, 4.69) is 21.1 Å². The number of ether oxygens (including phenoxy) is 2. The normalized spacial score (nSPS) is 16.2. The smallest absolute Gasteiger partial charge is 0.309 e. The Labute approximate surface area is 209 Å². The molecule has 35 heavy (non-hydrogen) atoms. The van der Waals surface area contributed by atoms with Crippen molar-refractivity contribution in [2.75, 3.05) is 20.2 Å². The number of aromatic nitrogens is 2. The Morgan fingerprint density at radius 1 is 1.31 bits per heavy atom. The largest absolute Gasteiger partial charge is 0.490 e. The third kappa shape index (κ3) is 5.81. The van der Waals surface area contributed by atoms with E-state index < -0.39 is 0 Å². The van der Waals surface area contributed by atoms with Gasteiger partial charge in [0.1, 0.15) is 11.8 Å². The first-order chi connectivity index (χ1) is 16.9. The summed E-state index contributed by atoms with van der Waals surface area (Å²) in [6.07, 6.45) is 1.76. The number of likely N-dealkylation sites (tertiary alicyclic amines) is 1. The number of hydrogen-bond acceptors (Lipinski definition) is 8. The lowest BCUT2D eigenvalue weighted by molar-refractivity contribution is -0.147. The third-order valence-corrected chi connectivity index (χ3v) is 6.17. The summed E-state index contributed by atoms with van der Waals surface area (Å²) < 4.78 is 16.0. The van der Waals surface area contributed by atoms with Crippen molar-refractivity contribution in [3.05, 3.63) is 52.5 Å². The van der Waals surface area contributed by atoms with Crippen LogP contribution in [0.1, 0.15) is 37.8 Å². The van der Waals surface area contributed by atoms with Gasteiger partial charge in [0.15, 0.2) is 0 Å². The van der Waals surface area contributed by atoms with Crippen LogP contribution in [-0.2, 0) is 16.1 Å². The van der Waals surface area contributed by atoms with Crippen molar-refractivity contribution in [2.24, 2.45) is 5.92 Å². The maximum Gasteiger partial charge on any atom is 0.309 e. The minimum absolute atomic E-state index is 0.0442. The van der Waals surface area contributed by atoms with Crippen molar-refractivity contribution in [3.63, 3.8) is 0 Å². The molecule has 3 aromatic rings. The minimum Gasteiger partial charge on any atom is -0.490 e. The molecule has 2 heterocycles. The standard InChI is InChI=1S/C26H27ClN4O4/c1-16(2)34-23-9-7-18(12-20(23)13-28)25-29-24(30-35-25)21-8-6-17(11-22(21)27)14-31-10-4-5-19(15-31)26(32)33-3/h6-9,11-12,16,19H,4-5,10,14-15H2,1-3H3. The van der Waals surface area contributed by atoms with Gasteiger partial charge in [0.25, 0.3) is 5.89 Å². The molecule has 1 aliphatic heterocycles. The average Bonchev–Trinajstić information content (AvgIpc) is 3.33. The fourth-order valence-corrected chi connectivity index (χ4v) is 4.50. The van der Waals surface area contributed by atoms with E-state index in [1.807, 2.05) is 32.0 Å². The van der Waals surface area contributed by atoms with Crippen LogP contribution in [0.15, 0.2) is 40.9 Å². The van der Waals surface area contributed by atoms with E-state index in [1.54, 1.807) is 18.2 Å². The van der Waals surface area contributed by atoms with Gasteiger partial charge in [-0.3, -0.25) is 9.69 Å². The molecule has 8 nitrogen and oxygen atoms in total. The molecule has 4 rings (SSSR count). The van der Waals surface area contributed by atoms with Gasteiger partial charge in [-0.1, -0.05) is 22.8 Å². The topological polar surface area (TPSA) is 101 Å². The van der Waals surface area contributed by atoms with Crippen LogP contribution in [0.3, 0.4) is 0 Å². The zero-order valence-corrected chi connectivity index (χ0v) is 20.7. The summed E-state index contributed by atoms with van der Waals surface area (Å²) in [5, 5.41) is 14.1. The highest BCUT2D eigenvalue weighted by atomic mass is 35.5. The van der Waals surface area contributed by atoms with Crippen LogP contribution in [0.5, 0.6) is 5.75 Å². The van der Waals surface area contributed by atoms with E-state index in [0.717, 1.165) is 24.9 Å². The summed E-state index contributed by atoms with van der Waals surface area (Å²) >= 11 is 6.58. The first-order valence-electron chi connectivity index (χ1n) is 11.5. The Bertz CT molecular complexity index is 1250. The first-order valence-corrected chi connectivity index (χ1v) is 11.9. The number of nitriles is 1. The monoisotopic (exact) mass is 494 g/mol. The van der Waals surface area contributed by atoms with Gasteiger partial charge in [0, 0.05) is 24.2 Å². The van der Waals surface area contributed by atoms with E-state index >= 15 is 0 Å². The second-order valence-electron chi connectivity index (χ2n) is 8.82. The number of esters is 1. The molecule has 0 spiro atoms. The Hall–Kier alpha value is -3.41. The second-order valence-corrected chi connectivity index (χ2v) is 9.23. The number of hydrogen-bond donors (Lipinski definition) is 0. The quantitative estimate of drug-likeness (QED) is 0.418. The number of carbonyl (C=O) groups excluding carboxylic acids is 1. The Morgan fingerprint density at radius 2 is 2.14 bits per heavy atom. The van der Waals surface area contributed by atoms with Crippen molar-refractivity contribution in [1.82, 2.24) is 15.0 Å². The number of piperidine rings is 1. The zero-order valence-electron chi connectivity index (χ0n) is 20.0.